The molecule has 0 bridgehead atoms. The minimum atomic E-state index is -2.84. The van der Waals surface area contributed by atoms with Crippen LogP contribution in [0.2, 0.25) is 0 Å². The van der Waals surface area contributed by atoms with Gasteiger partial charge in [0.2, 0.25) is 0 Å². The number of nitrogens with zero attached hydrogens (tertiary/aromatic N) is 1. The first-order valence-corrected chi connectivity index (χ1v) is 7.48. The summed E-state index contributed by atoms with van der Waals surface area (Å²) in [4.78, 5) is 2.07. The molecular weight excluding hydrogens is 212 g/mol. The molecular formula is C10H24N2O2S. The van der Waals surface area contributed by atoms with Crippen molar-refractivity contribution in [1.29, 1.82) is 0 Å². The molecule has 0 aromatic carbocycles. The third kappa shape index (κ3) is 8.84. The summed E-state index contributed by atoms with van der Waals surface area (Å²) in [5, 5.41) is 3.24. The quantitative estimate of drug-likeness (QED) is 0.661. The summed E-state index contributed by atoms with van der Waals surface area (Å²) in [5.41, 5.74) is 0. The molecule has 0 radical (unpaired) electrons. The molecule has 0 heterocycles. The van der Waals surface area contributed by atoms with Gasteiger partial charge in [0.15, 0.2) is 0 Å². The van der Waals surface area contributed by atoms with Crippen LogP contribution in [0.25, 0.3) is 0 Å². The zero-order valence-corrected chi connectivity index (χ0v) is 11.1. The van der Waals surface area contributed by atoms with E-state index in [1.807, 2.05) is 14.1 Å². The van der Waals surface area contributed by atoms with Crippen LogP contribution in [0, 0.1) is 0 Å². The van der Waals surface area contributed by atoms with Gasteiger partial charge in [0.05, 0.1) is 5.75 Å². The fourth-order valence-corrected chi connectivity index (χ4v) is 2.11. The Morgan fingerprint density at radius 2 is 2.00 bits per heavy atom. The number of likely N-dealkylation sites (N-methyl/N-ethyl adjacent to an activating group) is 2. The van der Waals surface area contributed by atoms with Gasteiger partial charge in [-0.3, -0.25) is 0 Å². The van der Waals surface area contributed by atoms with Crippen LogP contribution in [0.5, 0.6) is 0 Å². The van der Waals surface area contributed by atoms with Gasteiger partial charge in [0.25, 0.3) is 0 Å². The van der Waals surface area contributed by atoms with Crippen LogP contribution < -0.4 is 5.32 Å². The molecule has 0 spiro atoms. The van der Waals surface area contributed by atoms with Crippen LogP contribution in [0.1, 0.15) is 19.8 Å². The summed E-state index contributed by atoms with van der Waals surface area (Å²) in [7, 11) is 1.08. The Morgan fingerprint density at radius 3 is 2.40 bits per heavy atom. The van der Waals surface area contributed by atoms with Gasteiger partial charge in [0, 0.05) is 25.4 Å². The van der Waals surface area contributed by atoms with Crippen molar-refractivity contribution in [2.24, 2.45) is 0 Å². The van der Waals surface area contributed by atoms with Crippen molar-refractivity contribution >= 4 is 9.84 Å². The van der Waals surface area contributed by atoms with Gasteiger partial charge >= 0.3 is 0 Å². The first-order chi connectivity index (χ1) is 6.89. The topological polar surface area (TPSA) is 49.4 Å². The fraction of sp³-hybridized carbons (Fsp3) is 1.00. The maximum absolute atomic E-state index is 11.0. The molecule has 0 saturated heterocycles. The van der Waals surface area contributed by atoms with Gasteiger partial charge in [-0.2, -0.15) is 0 Å². The van der Waals surface area contributed by atoms with Crippen molar-refractivity contribution in [3.8, 4) is 0 Å². The highest BCUT2D eigenvalue weighted by molar-refractivity contribution is 7.90. The van der Waals surface area contributed by atoms with Crippen molar-refractivity contribution in [2.75, 3.05) is 39.2 Å². The molecule has 0 aliphatic rings. The summed E-state index contributed by atoms with van der Waals surface area (Å²) < 4.78 is 21.9. The van der Waals surface area contributed by atoms with E-state index in [9.17, 15) is 8.42 Å². The third-order valence-electron chi connectivity index (χ3n) is 2.42. The molecule has 0 aromatic rings. The van der Waals surface area contributed by atoms with Crippen LogP contribution in [-0.4, -0.2) is 58.6 Å². The minimum absolute atomic E-state index is 0.242. The van der Waals surface area contributed by atoms with Crippen molar-refractivity contribution in [3.63, 3.8) is 0 Å². The van der Waals surface area contributed by atoms with E-state index in [4.69, 9.17) is 0 Å². The van der Waals surface area contributed by atoms with E-state index in [2.05, 4.69) is 17.1 Å². The highest BCUT2D eigenvalue weighted by atomic mass is 32.2. The molecule has 0 aromatic heterocycles. The standard InChI is InChI=1S/C10H24N2O2S/c1-5-6-10(11-2)9-12(3)7-8-15(4,13)14/h10-11H,5-9H2,1-4H3. The highest BCUT2D eigenvalue weighted by Crippen LogP contribution is 1.98. The van der Waals surface area contributed by atoms with Crippen molar-refractivity contribution in [3.05, 3.63) is 0 Å². The summed E-state index contributed by atoms with van der Waals surface area (Å²) in [5.74, 6) is 0.242. The molecule has 0 fully saturated rings. The third-order valence-corrected chi connectivity index (χ3v) is 3.35. The van der Waals surface area contributed by atoms with Gasteiger partial charge in [-0.05, 0) is 20.5 Å². The average molecular weight is 236 g/mol. The average Bonchev–Trinajstić information content (AvgIpc) is 2.13. The second-order valence-electron chi connectivity index (χ2n) is 4.17. The van der Waals surface area contributed by atoms with E-state index in [1.54, 1.807) is 0 Å². The first kappa shape index (κ1) is 14.9. The molecule has 0 aliphatic carbocycles. The van der Waals surface area contributed by atoms with E-state index in [0.717, 1.165) is 19.4 Å². The van der Waals surface area contributed by atoms with Crippen LogP contribution in [0.4, 0.5) is 0 Å². The SMILES string of the molecule is CCCC(CN(C)CCS(C)(=O)=O)NC. The molecule has 1 atom stereocenters. The van der Waals surface area contributed by atoms with Crippen LogP contribution >= 0.6 is 0 Å². The fourth-order valence-electron chi connectivity index (χ4n) is 1.46. The summed E-state index contributed by atoms with van der Waals surface area (Å²) in [6.07, 6.45) is 3.55. The first-order valence-electron chi connectivity index (χ1n) is 5.42. The Balaban J connectivity index is 3.85. The second-order valence-corrected chi connectivity index (χ2v) is 6.43. The Bertz CT molecular complexity index is 252. The molecule has 4 nitrogen and oxygen atoms in total. The van der Waals surface area contributed by atoms with E-state index in [1.165, 1.54) is 6.26 Å². The van der Waals surface area contributed by atoms with Gasteiger partial charge in [-0.1, -0.05) is 13.3 Å². The molecule has 1 N–H and O–H groups in total. The second kappa shape index (κ2) is 7.19. The number of rotatable bonds is 8. The van der Waals surface area contributed by atoms with Crippen molar-refractivity contribution in [2.45, 2.75) is 25.8 Å². The summed E-state index contributed by atoms with van der Waals surface area (Å²) in [6.45, 7) is 3.67. The van der Waals surface area contributed by atoms with Crippen molar-refractivity contribution in [1.82, 2.24) is 10.2 Å². The number of nitrogens with one attached hydrogen (secondary N) is 1. The Hall–Kier alpha value is -0.130. The van der Waals surface area contributed by atoms with Gasteiger partial charge in [-0.15, -0.1) is 0 Å². The lowest BCUT2D eigenvalue weighted by Gasteiger charge is -2.23. The Morgan fingerprint density at radius 1 is 1.40 bits per heavy atom. The zero-order valence-electron chi connectivity index (χ0n) is 10.3. The summed E-state index contributed by atoms with van der Waals surface area (Å²) >= 11 is 0. The smallest absolute Gasteiger partial charge is 0.148 e. The van der Waals surface area contributed by atoms with Gasteiger partial charge < -0.3 is 10.2 Å². The molecule has 92 valence electrons. The molecule has 0 amide bonds. The maximum Gasteiger partial charge on any atom is 0.148 e. The number of sulfone groups is 1. The van der Waals surface area contributed by atoms with Gasteiger partial charge in [-0.25, -0.2) is 8.42 Å². The van der Waals surface area contributed by atoms with E-state index < -0.39 is 9.84 Å². The molecule has 1 unspecified atom stereocenters. The maximum atomic E-state index is 11.0. The summed E-state index contributed by atoms with van der Waals surface area (Å²) in [6, 6.07) is 0.458. The number of hydrogen-bond acceptors (Lipinski definition) is 4. The predicted molar refractivity (Wildman–Crippen MR) is 65.0 cm³/mol. The van der Waals surface area contributed by atoms with Crippen molar-refractivity contribution < 1.29 is 8.42 Å². The lowest BCUT2D eigenvalue weighted by Crippen LogP contribution is -2.39. The van der Waals surface area contributed by atoms with Crippen LogP contribution in [0.15, 0.2) is 0 Å². The molecule has 5 heteroatoms. The Labute approximate surface area is 94.0 Å². The van der Waals surface area contributed by atoms with E-state index in [0.29, 0.717) is 12.6 Å². The highest BCUT2D eigenvalue weighted by Gasteiger charge is 2.10. The van der Waals surface area contributed by atoms with Gasteiger partial charge in [0.1, 0.15) is 9.84 Å². The largest absolute Gasteiger partial charge is 0.316 e. The van der Waals surface area contributed by atoms with Crippen LogP contribution in [0.3, 0.4) is 0 Å². The van der Waals surface area contributed by atoms with E-state index >= 15 is 0 Å². The lowest BCUT2D eigenvalue weighted by molar-refractivity contribution is 0.300. The normalized spacial score (nSPS) is 14.5. The number of hydrogen-bond donors (Lipinski definition) is 1. The minimum Gasteiger partial charge on any atom is -0.316 e. The van der Waals surface area contributed by atoms with E-state index in [-0.39, 0.29) is 5.75 Å². The molecule has 0 saturated carbocycles. The molecule has 15 heavy (non-hydrogen) atoms. The lowest BCUT2D eigenvalue weighted by atomic mass is 10.1. The predicted octanol–water partition coefficient (Wildman–Crippen LogP) is 0.351. The zero-order chi connectivity index (χ0) is 11.9. The van der Waals surface area contributed by atoms with Crippen LogP contribution in [-0.2, 0) is 9.84 Å². The monoisotopic (exact) mass is 236 g/mol. The molecule has 0 aliphatic heterocycles. The molecule has 0 rings (SSSR count). The Kier molecular flexibility index (Phi) is 7.13.